The van der Waals surface area contributed by atoms with Gasteiger partial charge in [0.1, 0.15) is 0 Å². The van der Waals surface area contributed by atoms with Crippen LogP contribution in [0.25, 0.3) is 0 Å². The molecular formula is C6H8F3N3. The van der Waals surface area contributed by atoms with Crippen molar-refractivity contribution in [3.05, 3.63) is 17.5 Å². The summed E-state index contributed by atoms with van der Waals surface area (Å²) in [6, 6.07) is 0.965. The Bertz CT molecular complexity index is 253. The van der Waals surface area contributed by atoms with Crippen molar-refractivity contribution >= 4 is 0 Å². The third kappa shape index (κ3) is 1.97. The molecule has 12 heavy (non-hydrogen) atoms. The molecule has 0 spiro atoms. The van der Waals surface area contributed by atoms with Gasteiger partial charge in [0.2, 0.25) is 0 Å². The van der Waals surface area contributed by atoms with Crippen molar-refractivity contribution in [2.75, 3.05) is 6.54 Å². The molecule has 0 amide bonds. The molecule has 1 aromatic rings. The summed E-state index contributed by atoms with van der Waals surface area (Å²) >= 11 is 0. The standard InChI is InChI=1S/C6H8F3N3/c7-6(8,9)5-3-4(1-2-10)11-12-5/h3H,1-2,10H2,(H,11,12). The summed E-state index contributed by atoms with van der Waals surface area (Å²) in [5, 5.41) is 5.36. The normalized spacial score (nSPS) is 12.0. The zero-order valence-electron chi connectivity index (χ0n) is 6.15. The van der Waals surface area contributed by atoms with Crippen LogP contribution in [0.15, 0.2) is 6.07 Å². The van der Waals surface area contributed by atoms with E-state index in [-0.39, 0.29) is 0 Å². The quantitative estimate of drug-likeness (QED) is 0.709. The number of hydrogen-bond acceptors (Lipinski definition) is 2. The van der Waals surface area contributed by atoms with E-state index in [0.29, 0.717) is 18.7 Å². The van der Waals surface area contributed by atoms with Crippen molar-refractivity contribution < 1.29 is 13.2 Å². The van der Waals surface area contributed by atoms with E-state index in [1.165, 1.54) is 0 Å². The lowest BCUT2D eigenvalue weighted by Gasteiger charge is -1.98. The molecule has 0 atom stereocenters. The average Bonchev–Trinajstić information content (AvgIpc) is 2.35. The monoisotopic (exact) mass is 179 g/mol. The van der Waals surface area contributed by atoms with Gasteiger partial charge in [0.25, 0.3) is 0 Å². The third-order valence-electron chi connectivity index (χ3n) is 1.34. The molecule has 68 valence electrons. The summed E-state index contributed by atoms with van der Waals surface area (Å²) < 4.78 is 35.8. The van der Waals surface area contributed by atoms with Gasteiger partial charge in [0, 0.05) is 12.1 Å². The third-order valence-corrected chi connectivity index (χ3v) is 1.34. The number of nitrogens with two attached hydrogens (primary N) is 1. The number of hydrogen-bond donors (Lipinski definition) is 2. The fourth-order valence-electron chi connectivity index (χ4n) is 0.790. The van der Waals surface area contributed by atoms with E-state index in [4.69, 9.17) is 5.73 Å². The Kier molecular flexibility index (Phi) is 2.37. The SMILES string of the molecule is NCCc1cc(C(F)(F)F)n[nH]1. The van der Waals surface area contributed by atoms with Crippen molar-refractivity contribution in [1.82, 2.24) is 10.2 Å². The number of nitrogens with one attached hydrogen (secondary N) is 1. The highest BCUT2D eigenvalue weighted by Crippen LogP contribution is 2.27. The lowest BCUT2D eigenvalue weighted by Crippen LogP contribution is -2.05. The van der Waals surface area contributed by atoms with Crippen LogP contribution in [0, 0.1) is 0 Å². The van der Waals surface area contributed by atoms with Gasteiger partial charge < -0.3 is 5.73 Å². The molecule has 0 unspecified atom stereocenters. The molecule has 3 nitrogen and oxygen atoms in total. The number of nitrogens with zero attached hydrogens (tertiary/aromatic N) is 1. The predicted octanol–water partition coefficient (Wildman–Crippen LogP) is 0.930. The summed E-state index contributed by atoms with van der Waals surface area (Å²) in [5.74, 6) is 0. The van der Waals surface area contributed by atoms with E-state index in [2.05, 4.69) is 10.2 Å². The first kappa shape index (κ1) is 9.05. The van der Waals surface area contributed by atoms with Crippen LogP contribution in [0.3, 0.4) is 0 Å². The molecule has 0 radical (unpaired) electrons. The van der Waals surface area contributed by atoms with E-state index in [9.17, 15) is 13.2 Å². The van der Waals surface area contributed by atoms with Crippen molar-refractivity contribution in [3.8, 4) is 0 Å². The van der Waals surface area contributed by atoms with Crippen LogP contribution < -0.4 is 5.73 Å². The minimum atomic E-state index is -4.37. The first-order valence-electron chi connectivity index (χ1n) is 3.35. The number of H-pyrrole nitrogens is 1. The highest BCUT2D eigenvalue weighted by atomic mass is 19.4. The Morgan fingerprint density at radius 1 is 1.50 bits per heavy atom. The lowest BCUT2D eigenvalue weighted by molar-refractivity contribution is -0.141. The molecule has 3 N–H and O–H groups in total. The van der Waals surface area contributed by atoms with Gasteiger partial charge in [-0.1, -0.05) is 0 Å². The minimum absolute atomic E-state index is 0.305. The molecule has 0 aliphatic rings. The van der Waals surface area contributed by atoms with Crippen molar-refractivity contribution in [2.24, 2.45) is 5.73 Å². The second-order valence-corrected chi connectivity index (χ2v) is 2.31. The molecule has 0 aromatic carbocycles. The van der Waals surface area contributed by atoms with Gasteiger partial charge in [-0.3, -0.25) is 5.10 Å². The van der Waals surface area contributed by atoms with Crippen LogP contribution in [-0.2, 0) is 12.6 Å². The van der Waals surface area contributed by atoms with Gasteiger partial charge in [0.05, 0.1) is 0 Å². The van der Waals surface area contributed by atoms with Gasteiger partial charge in [-0.05, 0) is 12.6 Å². The Labute approximate surface area is 66.8 Å². The topological polar surface area (TPSA) is 54.7 Å². The molecule has 1 rings (SSSR count). The van der Waals surface area contributed by atoms with Crippen LogP contribution in [0.1, 0.15) is 11.4 Å². The first-order chi connectivity index (χ1) is 5.54. The van der Waals surface area contributed by atoms with Crippen LogP contribution in [0.4, 0.5) is 13.2 Å². The van der Waals surface area contributed by atoms with E-state index < -0.39 is 11.9 Å². The van der Waals surface area contributed by atoms with E-state index >= 15 is 0 Å². The largest absolute Gasteiger partial charge is 0.435 e. The number of aromatic amines is 1. The molecule has 0 saturated carbocycles. The molecule has 0 fully saturated rings. The lowest BCUT2D eigenvalue weighted by atomic mass is 10.3. The fraction of sp³-hybridized carbons (Fsp3) is 0.500. The molecule has 1 heterocycles. The number of rotatable bonds is 2. The van der Waals surface area contributed by atoms with E-state index in [1.54, 1.807) is 0 Å². The summed E-state index contributed by atoms with van der Waals surface area (Å²) in [6.07, 6.45) is -3.99. The molecular weight excluding hydrogens is 171 g/mol. The van der Waals surface area contributed by atoms with Crippen molar-refractivity contribution in [2.45, 2.75) is 12.6 Å². The van der Waals surface area contributed by atoms with E-state index in [1.807, 2.05) is 0 Å². The van der Waals surface area contributed by atoms with Crippen LogP contribution in [0.2, 0.25) is 0 Å². The molecule has 0 aliphatic carbocycles. The Hall–Kier alpha value is -1.04. The highest BCUT2D eigenvalue weighted by Gasteiger charge is 2.33. The summed E-state index contributed by atoms with van der Waals surface area (Å²) in [5.41, 5.74) is 4.66. The predicted molar refractivity (Wildman–Crippen MR) is 36.3 cm³/mol. The fourth-order valence-corrected chi connectivity index (χ4v) is 0.790. The molecule has 0 bridgehead atoms. The molecule has 6 heteroatoms. The first-order valence-corrected chi connectivity index (χ1v) is 3.35. The molecule has 1 aromatic heterocycles. The Morgan fingerprint density at radius 3 is 2.58 bits per heavy atom. The zero-order valence-corrected chi connectivity index (χ0v) is 6.15. The van der Waals surface area contributed by atoms with Gasteiger partial charge in [0.15, 0.2) is 5.69 Å². The Balaban J connectivity index is 2.77. The summed E-state index contributed by atoms with van der Waals surface area (Å²) in [7, 11) is 0. The zero-order chi connectivity index (χ0) is 9.19. The molecule has 0 saturated heterocycles. The second-order valence-electron chi connectivity index (χ2n) is 2.31. The van der Waals surface area contributed by atoms with Gasteiger partial charge in [-0.15, -0.1) is 0 Å². The number of aromatic nitrogens is 2. The van der Waals surface area contributed by atoms with Crippen LogP contribution in [0.5, 0.6) is 0 Å². The number of halogens is 3. The summed E-state index contributed by atoms with van der Waals surface area (Å²) in [4.78, 5) is 0. The van der Waals surface area contributed by atoms with Crippen LogP contribution in [-0.4, -0.2) is 16.7 Å². The second kappa shape index (κ2) is 3.14. The summed E-state index contributed by atoms with van der Waals surface area (Å²) in [6.45, 7) is 0.305. The van der Waals surface area contributed by atoms with Crippen molar-refractivity contribution in [1.29, 1.82) is 0 Å². The minimum Gasteiger partial charge on any atom is -0.330 e. The maximum Gasteiger partial charge on any atom is 0.435 e. The molecule has 0 aliphatic heterocycles. The van der Waals surface area contributed by atoms with Gasteiger partial charge in [-0.25, -0.2) is 0 Å². The highest BCUT2D eigenvalue weighted by molar-refractivity contribution is 5.11. The average molecular weight is 179 g/mol. The Morgan fingerprint density at radius 2 is 2.17 bits per heavy atom. The van der Waals surface area contributed by atoms with Gasteiger partial charge in [-0.2, -0.15) is 18.3 Å². The van der Waals surface area contributed by atoms with Crippen molar-refractivity contribution in [3.63, 3.8) is 0 Å². The maximum absolute atomic E-state index is 11.9. The van der Waals surface area contributed by atoms with Crippen LogP contribution >= 0.6 is 0 Å². The smallest absolute Gasteiger partial charge is 0.330 e. The van der Waals surface area contributed by atoms with Gasteiger partial charge >= 0.3 is 6.18 Å². The van der Waals surface area contributed by atoms with E-state index in [0.717, 1.165) is 6.07 Å². The number of alkyl halides is 3. The maximum atomic E-state index is 11.9.